The van der Waals surface area contributed by atoms with Crippen molar-refractivity contribution in [2.45, 2.75) is 45.2 Å². The molecule has 114 valence electrons. The molecule has 1 fully saturated rings. The molecule has 0 bridgehead atoms. The molecule has 4 heteroatoms. The van der Waals surface area contributed by atoms with E-state index < -0.39 is 0 Å². The largest absolute Gasteiger partial charge is 0.383 e. The van der Waals surface area contributed by atoms with Crippen LogP contribution in [0.4, 0.5) is 0 Å². The molecule has 1 aliphatic rings. The molecule has 0 aromatic carbocycles. The van der Waals surface area contributed by atoms with Crippen molar-refractivity contribution >= 4 is 0 Å². The molecule has 19 heavy (non-hydrogen) atoms. The first-order valence-electron chi connectivity index (χ1n) is 7.66. The molecule has 1 rings (SSSR count). The summed E-state index contributed by atoms with van der Waals surface area (Å²) >= 11 is 0. The van der Waals surface area contributed by atoms with Crippen molar-refractivity contribution in [3.8, 4) is 0 Å². The van der Waals surface area contributed by atoms with Crippen LogP contribution in [0.25, 0.3) is 0 Å². The first-order chi connectivity index (χ1) is 9.01. The first kappa shape index (κ1) is 16.9. The Morgan fingerprint density at radius 3 is 2.32 bits per heavy atom. The fourth-order valence-corrected chi connectivity index (χ4v) is 3.35. The van der Waals surface area contributed by atoms with Crippen LogP contribution in [0.5, 0.6) is 0 Å². The van der Waals surface area contributed by atoms with Crippen LogP contribution in [0, 0.1) is 5.92 Å². The van der Waals surface area contributed by atoms with Gasteiger partial charge in [-0.25, -0.2) is 0 Å². The smallest absolute Gasteiger partial charge is 0.0661 e. The molecular weight excluding hydrogens is 238 g/mol. The second-order valence-electron chi connectivity index (χ2n) is 6.17. The van der Waals surface area contributed by atoms with E-state index >= 15 is 0 Å². The average Bonchev–Trinajstić information content (AvgIpc) is 2.44. The van der Waals surface area contributed by atoms with E-state index in [-0.39, 0.29) is 5.54 Å². The number of methoxy groups -OCH3 is 1. The number of rotatable bonds is 7. The number of piperidine rings is 1. The highest BCUT2D eigenvalue weighted by Crippen LogP contribution is 2.29. The van der Waals surface area contributed by atoms with Crippen molar-refractivity contribution in [3.05, 3.63) is 0 Å². The predicted octanol–water partition coefficient (Wildman–Crippen LogP) is 1.40. The lowest BCUT2D eigenvalue weighted by molar-refractivity contribution is -0.0379. The molecule has 0 spiro atoms. The lowest BCUT2D eigenvalue weighted by atomic mass is 9.83. The lowest BCUT2D eigenvalue weighted by Gasteiger charge is -2.49. The summed E-state index contributed by atoms with van der Waals surface area (Å²) in [5.74, 6) is 0.492. The normalized spacial score (nSPS) is 22.1. The summed E-state index contributed by atoms with van der Waals surface area (Å²) in [4.78, 5) is 5.04. The van der Waals surface area contributed by atoms with Gasteiger partial charge in [-0.1, -0.05) is 20.8 Å². The highest BCUT2D eigenvalue weighted by atomic mass is 16.5. The van der Waals surface area contributed by atoms with Gasteiger partial charge in [-0.05, 0) is 45.4 Å². The predicted molar refractivity (Wildman–Crippen MR) is 81.4 cm³/mol. The molecule has 1 saturated heterocycles. The van der Waals surface area contributed by atoms with E-state index in [0.717, 1.165) is 0 Å². The Kier molecular flexibility index (Phi) is 6.74. The van der Waals surface area contributed by atoms with Crippen molar-refractivity contribution in [2.75, 3.05) is 46.9 Å². The standard InChI is InChI=1S/C15H33N3O/c1-6-18-9-7-14(8-10-18)17(4)15(11-16,12-19-5)13(2)3/h13-14H,6-12,16H2,1-5H3. The zero-order chi connectivity index (χ0) is 14.5. The molecule has 1 heterocycles. The van der Waals surface area contributed by atoms with E-state index in [1.165, 1.54) is 32.5 Å². The fraction of sp³-hybridized carbons (Fsp3) is 1.00. The van der Waals surface area contributed by atoms with Crippen LogP contribution < -0.4 is 5.73 Å². The molecule has 0 amide bonds. The molecule has 2 N–H and O–H groups in total. The van der Waals surface area contributed by atoms with Gasteiger partial charge < -0.3 is 15.4 Å². The van der Waals surface area contributed by atoms with Crippen molar-refractivity contribution in [1.29, 1.82) is 0 Å². The van der Waals surface area contributed by atoms with Crippen molar-refractivity contribution in [1.82, 2.24) is 9.80 Å². The Morgan fingerprint density at radius 2 is 1.95 bits per heavy atom. The van der Waals surface area contributed by atoms with E-state index in [9.17, 15) is 0 Å². The summed E-state index contributed by atoms with van der Waals surface area (Å²) in [6.45, 7) is 11.7. The second kappa shape index (κ2) is 7.58. The van der Waals surface area contributed by atoms with Crippen LogP contribution in [0.3, 0.4) is 0 Å². The summed E-state index contributed by atoms with van der Waals surface area (Å²) in [6.07, 6.45) is 2.48. The van der Waals surface area contributed by atoms with Gasteiger partial charge in [-0.2, -0.15) is 0 Å². The zero-order valence-electron chi connectivity index (χ0n) is 13.5. The fourth-order valence-electron chi connectivity index (χ4n) is 3.35. The lowest BCUT2D eigenvalue weighted by Crippen LogP contribution is -2.63. The first-order valence-corrected chi connectivity index (χ1v) is 7.66. The molecular formula is C15H33N3O. The van der Waals surface area contributed by atoms with Crippen LogP contribution >= 0.6 is 0 Å². The maximum atomic E-state index is 6.12. The number of likely N-dealkylation sites (N-methyl/N-ethyl adjacent to an activating group) is 1. The van der Waals surface area contributed by atoms with Gasteiger partial charge in [0.25, 0.3) is 0 Å². The van der Waals surface area contributed by atoms with Gasteiger partial charge in [-0.15, -0.1) is 0 Å². The van der Waals surface area contributed by atoms with Crippen molar-refractivity contribution in [2.24, 2.45) is 11.7 Å². The molecule has 1 unspecified atom stereocenters. The third kappa shape index (κ3) is 3.69. The molecule has 0 aliphatic carbocycles. The molecule has 0 radical (unpaired) electrons. The minimum absolute atomic E-state index is 0.0339. The molecule has 0 saturated carbocycles. The average molecular weight is 271 g/mol. The summed E-state index contributed by atoms with van der Waals surface area (Å²) in [6, 6.07) is 0.629. The Labute approximate surface area is 119 Å². The summed E-state index contributed by atoms with van der Waals surface area (Å²) in [5, 5.41) is 0. The van der Waals surface area contributed by atoms with Crippen LogP contribution in [0.2, 0.25) is 0 Å². The van der Waals surface area contributed by atoms with Crippen molar-refractivity contribution < 1.29 is 4.74 Å². The van der Waals surface area contributed by atoms with Crippen LogP contribution in [-0.4, -0.2) is 68.3 Å². The van der Waals surface area contributed by atoms with Gasteiger partial charge in [0.2, 0.25) is 0 Å². The number of likely N-dealkylation sites (tertiary alicyclic amines) is 1. The van der Waals surface area contributed by atoms with Crippen LogP contribution in [0.15, 0.2) is 0 Å². The Bertz CT molecular complexity index is 252. The summed E-state index contributed by atoms with van der Waals surface area (Å²) in [7, 11) is 4.01. The zero-order valence-corrected chi connectivity index (χ0v) is 13.5. The van der Waals surface area contributed by atoms with Gasteiger partial charge in [0.05, 0.1) is 12.1 Å². The SMILES string of the molecule is CCN1CCC(N(C)C(CN)(COC)C(C)C)CC1. The van der Waals surface area contributed by atoms with Crippen molar-refractivity contribution in [3.63, 3.8) is 0 Å². The second-order valence-corrected chi connectivity index (χ2v) is 6.17. The number of nitrogens with two attached hydrogens (primary N) is 1. The van der Waals surface area contributed by atoms with E-state index in [1.807, 2.05) is 0 Å². The summed E-state index contributed by atoms with van der Waals surface area (Å²) in [5.41, 5.74) is 6.09. The monoisotopic (exact) mass is 271 g/mol. The minimum atomic E-state index is -0.0339. The number of hydrogen-bond acceptors (Lipinski definition) is 4. The highest BCUT2D eigenvalue weighted by molar-refractivity contribution is 4.97. The minimum Gasteiger partial charge on any atom is -0.383 e. The molecule has 4 nitrogen and oxygen atoms in total. The van der Waals surface area contributed by atoms with E-state index in [0.29, 0.717) is 25.1 Å². The number of ether oxygens (including phenoxy) is 1. The van der Waals surface area contributed by atoms with E-state index in [1.54, 1.807) is 7.11 Å². The maximum Gasteiger partial charge on any atom is 0.0661 e. The van der Waals surface area contributed by atoms with E-state index in [2.05, 4.69) is 37.6 Å². The van der Waals surface area contributed by atoms with Crippen LogP contribution in [-0.2, 0) is 4.74 Å². The Hall–Kier alpha value is -0.160. The van der Waals surface area contributed by atoms with Gasteiger partial charge in [0.15, 0.2) is 0 Å². The Balaban J connectivity index is 2.74. The highest BCUT2D eigenvalue weighted by Gasteiger charge is 2.40. The number of nitrogens with zero attached hydrogens (tertiary/aromatic N) is 2. The van der Waals surface area contributed by atoms with Gasteiger partial charge >= 0.3 is 0 Å². The molecule has 1 atom stereocenters. The molecule has 0 aromatic heterocycles. The summed E-state index contributed by atoms with van der Waals surface area (Å²) < 4.78 is 5.48. The topological polar surface area (TPSA) is 41.7 Å². The maximum absolute atomic E-state index is 6.12. The molecule has 1 aliphatic heterocycles. The molecule has 0 aromatic rings. The Morgan fingerprint density at radius 1 is 1.37 bits per heavy atom. The van der Waals surface area contributed by atoms with Gasteiger partial charge in [-0.3, -0.25) is 4.90 Å². The van der Waals surface area contributed by atoms with E-state index in [4.69, 9.17) is 10.5 Å². The number of hydrogen-bond donors (Lipinski definition) is 1. The van der Waals surface area contributed by atoms with Crippen LogP contribution in [0.1, 0.15) is 33.6 Å². The third-order valence-corrected chi connectivity index (χ3v) is 5.08. The third-order valence-electron chi connectivity index (χ3n) is 5.08. The quantitative estimate of drug-likeness (QED) is 0.760. The van der Waals surface area contributed by atoms with Gasteiger partial charge in [0.1, 0.15) is 0 Å². The van der Waals surface area contributed by atoms with Gasteiger partial charge in [0, 0.05) is 19.7 Å².